The van der Waals surface area contributed by atoms with Gasteiger partial charge in [-0.25, -0.2) is 8.78 Å². The Morgan fingerprint density at radius 1 is 1.30 bits per heavy atom. The van der Waals surface area contributed by atoms with Crippen LogP contribution in [-0.2, 0) is 32.7 Å². The van der Waals surface area contributed by atoms with Crippen LogP contribution in [0.2, 0.25) is 0 Å². The summed E-state index contributed by atoms with van der Waals surface area (Å²) < 4.78 is 24.3. The number of hydrogen-bond acceptors (Lipinski definition) is 0. The predicted molar refractivity (Wildman–Crippen MR) is 32.3 cm³/mol. The van der Waals surface area contributed by atoms with Gasteiger partial charge in [-0.05, 0) is 0 Å². The van der Waals surface area contributed by atoms with E-state index in [-0.39, 0.29) is 45.6 Å². The van der Waals surface area contributed by atoms with E-state index in [0.717, 1.165) is 5.92 Å². The van der Waals surface area contributed by atoms with E-state index in [1.807, 2.05) is 13.8 Å². The maximum absolute atomic E-state index is 12.1. The monoisotopic (exact) mass is 222 g/mol. The van der Waals surface area contributed by atoms with Gasteiger partial charge >= 0.3 is 0 Å². The number of rotatable bonds is 1. The molecule has 0 saturated heterocycles. The van der Waals surface area contributed by atoms with Crippen LogP contribution in [0.5, 0.6) is 0 Å². The first-order valence-corrected chi connectivity index (χ1v) is 3.24. The van der Waals surface area contributed by atoms with Gasteiger partial charge in [0.15, 0.2) is 5.92 Å². The van der Waals surface area contributed by atoms with Gasteiger partial charge in [0.1, 0.15) is 0 Å². The zero-order valence-corrected chi connectivity index (χ0v) is 9.16. The SMILES string of the molecule is CC(C)[C-]1CC(F)(F)C1.[Y]. The normalized spacial score (nSPS) is 23.7. The summed E-state index contributed by atoms with van der Waals surface area (Å²) in [5, 5.41) is 0. The Kier molecular flexibility index (Phi) is 3.92. The van der Waals surface area contributed by atoms with Crippen LogP contribution < -0.4 is 0 Å². The first-order chi connectivity index (χ1) is 4.01. The second-order valence-corrected chi connectivity index (χ2v) is 3.02. The fourth-order valence-electron chi connectivity index (χ4n) is 1.02. The number of hydrogen-bond donors (Lipinski definition) is 0. The summed E-state index contributed by atoms with van der Waals surface area (Å²) >= 11 is 0. The minimum absolute atomic E-state index is 0. The predicted octanol–water partition coefficient (Wildman–Crippen LogP) is 2.64. The van der Waals surface area contributed by atoms with E-state index < -0.39 is 5.92 Å². The van der Waals surface area contributed by atoms with Crippen molar-refractivity contribution in [2.45, 2.75) is 32.6 Å². The van der Waals surface area contributed by atoms with Gasteiger partial charge in [0.25, 0.3) is 0 Å². The summed E-state index contributed by atoms with van der Waals surface area (Å²) in [5.41, 5.74) is 0. The van der Waals surface area contributed by atoms with Crippen LogP contribution in [0.1, 0.15) is 26.7 Å². The average molecular weight is 222 g/mol. The van der Waals surface area contributed by atoms with Gasteiger partial charge in [-0.2, -0.15) is 5.92 Å². The molecule has 0 amide bonds. The Bertz CT molecular complexity index is 104. The minimum Gasteiger partial charge on any atom is -0.300 e. The summed E-state index contributed by atoms with van der Waals surface area (Å²) in [7, 11) is 0. The van der Waals surface area contributed by atoms with Gasteiger partial charge < -0.3 is 5.92 Å². The second-order valence-electron chi connectivity index (χ2n) is 3.02. The van der Waals surface area contributed by atoms with Crippen molar-refractivity contribution < 1.29 is 41.5 Å². The zero-order valence-electron chi connectivity index (χ0n) is 6.32. The Morgan fingerprint density at radius 2 is 1.70 bits per heavy atom. The fourth-order valence-corrected chi connectivity index (χ4v) is 1.02. The van der Waals surface area contributed by atoms with Crippen molar-refractivity contribution in [1.29, 1.82) is 0 Å². The first-order valence-electron chi connectivity index (χ1n) is 3.24. The van der Waals surface area contributed by atoms with E-state index in [1.165, 1.54) is 0 Å². The van der Waals surface area contributed by atoms with Crippen molar-refractivity contribution in [3.8, 4) is 0 Å². The quantitative estimate of drug-likeness (QED) is 0.598. The molecule has 1 aliphatic carbocycles. The molecule has 1 saturated carbocycles. The standard InChI is InChI=1S/C7H11F2.Y/c1-5(2)6-3-7(8,9)4-6;/h5H,3-4H2,1-2H3;/q-1;. The van der Waals surface area contributed by atoms with Gasteiger partial charge in [0.05, 0.1) is 0 Å². The smallest absolute Gasteiger partial charge is 0.196 e. The van der Waals surface area contributed by atoms with Gasteiger partial charge in [0.2, 0.25) is 0 Å². The van der Waals surface area contributed by atoms with E-state index in [2.05, 4.69) is 0 Å². The maximum atomic E-state index is 12.1. The molecule has 0 bridgehead atoms. The molecule has 0 heterocycles. The summed E-state index contributed by atoms with van der Waals surface area (Å²) in [6.45, 7) is 3.93. The molecule has 57 valence electrons. The van der Waals surface area contributed by atoms with Crippen molar-refractivity contribution in [3.05, 3.63) is 5.92 Å². The van der Waals surface area contributed by atoms with Crippen LogP contribution in [0, 0.1) is 11.8 Å². The van der Waals surface area contributed by atoms with E-state index >= 15 is 0 Å². The summed E-state index contributed by atoms with van der Waals surface area (Å²) in [4.78, 5) is 0. The number of halogens is 2. The van der Waals surface area contributed by atoms with Gasteiger partial charge in [0, 0.05) is 32.7 Å². The Balaban J connectivity index is 0.000000810. The van der Waals surface area contributed by atoms with Crippen molar-refractivity contribution in [1.82, 2.24) is 0 Å². The Labute approximate surface area is 85.6 Å². The first kappa shape index (κ1) is 11.0. The molecule has 3 heteroatoms. The van der Waals surface area contributed by atoms with Gasteiger partial charge in [-0.1, -0.05) is 13.8 Å². The van der Waals surface area contributed by atoms with Gasteiger partial charge in [-0.3, -0.25) is 0 Å². The minimum atomic E-state index is -2.36. The average Bonchev–Trinajstić information content (AvgIpc) is 1.59. The molecule has 1 radical (unpaired) electrons. The topological polar surface area (TPSA) is 0 Å². The van der Waals surface area contributed by atoms with E-state index in [1.54, 1.807) is 0 Å². The molecule has 1 aliphatic rings. The third kappa shape index (κ3) is 2.54. The third-order valence-corrected chi connectivity index (χ3v) is 1.79. The summed E-state index contributed by atoms with van der Waals surface area (Å²) in [6.07, 6.45) is 0.0648. The molecule has 0 atom stereocenters. The molecule has 0 nitrogen and oxygen atoms in total. The molecule has 0 aliphatic heterocycles. The van der Waals surface area contributed by atoms with Crippen LogP contribution in [0.25, 0.3) is 0 Å². The van der Waals surface area contributed by atoms with Crippen molar-refractivity contribution >= 4 is 0 Å². The van der Waals surface area contributed by atoms with Gasteiger partial charge in [-0.15, -0.1) is 12.8 Å². The molecular weight excluding hydrogens is 211 g/mol. The maximum Gasteiger partial charge on any atom is 0.196 e. The van der Waals surface area contributed by atoms with Crippen LogP contribution >= 0.6 is 0 Å². The molecule has 0 spiro atoms. The summed E-state index contributed by atoms with van der Waals surface area (Å²) in [6, 6.07) is 0. The van der Waals surface area contributed by atoms with Crippen molar-refractivity contribution in [2.75, 3.05) is 0 Å². The Hall–Kier alpha value is 0.964. The third-order valence-electron chi connectivity index (χ3n) is 1.79. The second kappa shape index (κ2) is 3.58. The molecule has 10 heavy (non-hydrogen) atoms. The number of alkyl halides is 2. The molecule has 0 aromatic heterocycles. The Morgan fingerprint density at radius 3 is 1.80 bits per heavy atom. The molecular formula is C7H11F2Y-. The molecule has 1 rings (SSSR count). The molecule has 1 fully saturated rings. The van der Waals surface area contributed by atoms with E-state index in [4.69, 9.17) is 0 Å². The zero-order chi connectivity index (χ0) is 7.07. The largest absolute Gasteiger partial charge is 0.300 e. The summed E-state index contributed by atoms with van der Waals surface area (Å²) in [5.74, 6) is -0.996. The van der Waals surface area contributed by atoms with Crippen molar-refractivity contribution in [2.24, 2.45) is 5.92 Å². The van der Waals surface area contributed by atoms with Crippen LogP contribution in [0.3, 0.4) is 0 Å². The van der Waals surface area contributed by atoms with Crippen LogP contribution in [0.4, 0.5) is 8.78 Å². The molecule has 0 aromatic rings. The molecule has 0 aromatic carbocycles. The molecule has 0 N–H and O–H groups in total. The van der Waals surface area contributed by atoms with E-state index in [9.17, 15) is 8.78 Å². The fraction of sp³-hybridized carbons (Fsp3) is 0.857. The molecule has 0 unspecified atom stereocenters. The van der Waals surface area contributed by atoms with Crippen molar-refractivity contribution in [3.63, 3.8) is 0 Å². The van der Waals surface area contributed by atoms with E-state index in [0.29, 0.717) is 5.92 Å². The van der Waals surface area contributed by atoms with Crippen LogP contribution in [-0.4, -0.2) is 5.92 Å². The van der Waals surface area contributed by atoms with Crippen LogP contribution in [0.15, 0.2) is 0 Å².